The maximum Gasteiger partial charge on any atom is 0.271 e. The molecule has 35 heavy (non-hydrogen) atoms. The minimum Gasteiger partial charge on any atom is -0.497 e. The fourth-order valence-corrected chi connectivity index (χ4v) is 5.09. The Bertz CT molecular complexity index is 1610. The first-order chi connectivity index (χ1) is 17.0. The Balaban J connectivity index is 1.69. The van der Waals surface area contributed by atoms with Gasteiger partial charge < -0.3 is 10.1 Å². The number of fused-ring (bicyclic) bond motifs is 1. The van der Waals surface area contributed by atoms with Gasteiger partial charge in [0.1, 0.15) is 5.75 Å². The zero-order chi connectivity index (χ0) is 24.4. The van der Waals surface area contributed by atoms with Gasteiger partial charge in [0.2, 0.25) is 0 Å². The fourth-order valence-electron chi connectivity index (χ4n) is 4.05. The number of hydrogen-bond donors (Lipinski definition) is 1. The fraction of sp³-hybridized carbons (Fsp3) is 0.111. The summed E-state index contributed by atoms with van der Waals surface area (Å²) in [5.41, 5.74) is 2.81. The number of benzene rings is 2. The van der Waals surface area contributed by atoms with Gasteiger partial charge >= 0.3 is 0 Å². The largest absolute Gasteiger partial charge is 0.497 e. The van der Waals surface area contributed by atoms with Gasteiger partial charge in [-0.15, -0.1) is 0 Å². The van der Waals surface area contributed by atoms with Crippen LogP contribution in [0.25, 0.3) is 6.08 Å². The highest BCUT2D eigenvalue weighted by Gasteiger charge is 2.32. The van der Waals surface area contributed by atoms with Crippen LogP contribution in [0.5, 0.6) is 5.75 Å². The first-order valence-electron chi connectivity index (χ1n) is 11.0. The molecule has 5 rings (SSSR count). The highest BCUT2D eigenvalue weighted by Crippen LogP contribution is 2.32. The molecule has 4 aromatic rings. The predicted octanol–water partition coefficient (Wildman–Crippen LogP) is 3.28. The number of thiazole rings is 1. The van der Waals surface area contributed by atoms with E-state index in [-0.39, 0.29) is 11.5 Å². The molecular formula is C27H22N4O3S. The SMILES string of the molecule is COc1cccc([C@@H]2C(C(=O)Nc3ccccc3)=C(C)N=c3s/c(=C/c4ccccn4)c(=O)n32)c1. The number of carbonyl (C=O) groups is 1. The number of amides is 1. The lowest BCUT2D eigenvalue weighted by molar-refractivity contribution is -0.113. The van der Waals surface area contributed by atoms with Crippen molar-refractivity contribution < 1.29 is 9.53 Å². The van der Waals surface area contributed by atoms with E-state index in [4.69, 9.17) is 4.74 Å². The number of para-hydroxylation sites is 1. The molecule has 0 aliphatic carbocycles. The molecule has 2 aromatic carbocycles. The number of pyridine rings is 1. The molecule has 1 aliphatic rings. The van der Waals surface area contributed by atoms with E-state index < -0.39 is 6.04 Å². The summed E-state index contributed by atoms with van der Waals surface area (Å²) in [7, 11) is 1.58. The number of nitrogens with one attached hydrogen (secondary N) is 1. The summed E-state index contributed by atoms with van der Waals surface area (Å²) >= 11 is 1.28. The molecule has 0 fully saturated rings. The van der Waals surface area contributed by atoms with Gasteiger partial charge in [-0.1, -0.05) is 47.7 Å². The maximum absolute atomic E-state index is 13.7. The van der Waals surface area contributed by atoms with Crippen molar-refractivity contribution in [2.45, 2.75) is 13.0 Å². The van der Waals surface area contributed by atoms with Crippen LogP contribution in [-0.4, -0.2) is 22.6 Å². The Kier molecular flexibility index (Phi) is 6.12. The summed E-state index contributed by atoms with van der Waals surface area (Å²) in [6, 6.07) is 21.5. The summed E-state index contributed by atoms with van der Waals surface area (Å²) in [6.45, 7) is 1.79. The summed E-state index contributed by atoms with van der Waals surface area (Å²) in [6.07, 6.45) is 3.42. The zero-order valence-corrected chi connectivity index (χ0v) is 20.0. The third-order valence-electron chi connectivity index (χ3n) is 5.67. The Morgan fingerprint density at radius 3 is 2.63 bits per heavy atom. The van der Waals surface area contributed by atoms with Crippen LogP contribution < -0.4 is 24.9 Å². The van der Waals surface area contributed by atoms with Gasteiger partial charge in [-0.05, 0) is 55.0 Å². The minimum absolute atomic E-state index is 0.232. The number of rotatable bonds is 5. The Labute approximate surface area is 205 Å². The number of hydrogen-bond acceptors (Lipinski definition) is 6. The van der Waals surface area contributed by atoms with Gasteiger partial charge in [-0.3, -0.25) is 19.1 Å². The molecule has 7 nitrogen and oxygen atoms in total. The van der Waals surface area contributed by atoms with Gasteiger partial charge in [0.15, 0.2) is 4.80 Å². The monoisotopic (exact) mass is 482 g/mol. The second-order valence-corrected chi connectivity index (χ2v) is 8.94. The smallest absolute Gasteiger partial charge is 0.271 e. The molecular weight excluding hydrogens is 460 g/mol. The topological polar surface area (TPSA) is 85.6 Å². The number of nitrogens with zero attached hydrogens (tertiary/aromatic N) is 3. The first-order valence-corrected chi connectivity index (χ1v) is 11.8. The third kappa shape index (κ3) is 4.43. The second kappa shape index (κ2) is 9.52. The van der Waals surface area contributed by atoms with E-state index in [1.807, 2.05) is 72.8 Å². The van der Waals surface area contributed by atoms with Crippen molar-refractivity contribution in [3.05, 3.63) is 121 Å². The molecule has 1 aliphatic heterocycles. The normalized spacial score (nSPS) is 15.4. The highest BCUT2D eigenvalue weighted by atomic mass is 32.1. The van der Waals surface area contributed by atoms with E-state index in [1.54, 1.807) is 30.9 Å². The Hall–Kier alpha value is -4.30. The Morgan fingerprint density at radius 1 is 1.09 bits per heavy atom. The molecule has 0 saturated carbocycles. The van der Waals surface area contributed by atoms with Gasteiger partial charge in [0.25, 0.3) is 11.5 Å². The molecule has 1 amide bonds. The second-order valence-electron chi connectivity index (χ2n) is 7.93. The number of aromatic nitrogens is 2. The zero-order valence-electron chi connectivity index (χ0n) is 19.1. The number of allylic oxidation sites excluding steroid dienone is 1. The lowest BCUT2D eigenvalue weighted by Gasteiger charge is -2.25. The van der Waals surface area contributed by atoms with Crippen molar-refractivity contribution >= 4 is 29.0 Å². The standard InChI is InChI=1S/C27H22N4O3S/c1-17-23(25(32)30-19-10-4-3-5-11-19)24(18-9-8-13-21(15-18)34-2)31-26(33)22(35-27(31)29-17)16-20-12-6-7-14-28-20/h3-16,24H,1-2H3,(H,30,32)/b22-16+/t24-/m1/s1. The van der Waals surface area contributed by atoms with Crippen LogP contribution in [0.2, 0.25) is 0 Å². The van der Waals surface area contributed by atoms with E-state index in [9.17, 15) is 9.59 Å². The van der Waals surface area contributed by atoms with Crippen molar-refractivity contribution in [1.82, 2.24) is 9.55 Å². The van der Waals surface area contributed by atoms with Crippen LogP contribution in [-0.2, 0) is 4.79 Å². The lowest BCUT2D eigenvalue weighted by Crippen LogP contribution is -2.40. The van der Waals surface area contributed by atoms with E-state index in [2.05, 4.69) is 15.3 Å². The molecule has 0 radical (unpaired) electrons. The van der Waals surface area contributed by atoms with Crippen molar-refractivity contribution in [3.63, 3.8) is 0 Å². The molecule has 1 atom stereocenters. The molecule has 174 valence electrons. The van der Waals surface area contributed by atoms with Crippen LogP contribution in [0, 0.1) is 0 Å². The minimum atomic E-state index is -0.670. The van der Waals surface area contributed by atoms with E-state index in [1.165, 1.54) is 11.3 Å². The summed E-state index contributed by atoms with van der Waals surface area (Å²) < 4.78 is 7.50. The summed E-state index contributed by atoms with van der Waals surface area (Å²) in [5, 5.41) is 2.95. The molecule has 0 saturated heterocycles. The number of carbonyl (C=O) groups excluding carboxylic acids is 1. The predicted molar refractivity (Wildman–Crippen MR) is 136 cm³/mol. The molecule has 0 spiro atoms. The first kappa shape index (κ1) is 22.5. The van der Waals surface area contributed by atoms with Crippen molar-refractivity contribution in [3.8, 4) is 5.75 Å². The van der Waals surface area contributed by atoms with E-state index in [0.717, 1.165) is 5.56 Å². The molecule has 2 aromatic heterocycles. The average molecular weight is 483 g/mol. The third-order valence-corrected chi connectivity index (χ3v) is 6.66. The number of ether oxygens (including phenoxy) is 1. The van der Waals surface area contributed by atoms with Gasteiger partial charge in [-0.25, -0.2) is 4.99 Å². The van der Waals surface area contributed by atoms with Crippen LogP contribution in [0.3, 0.4) is 0 Å². The van der Waals surface area contributed by atoms with Crippen LogP contribution >= 0.6 is 11.3 Å². The van der Waals surface area contributed by atoms with Crippen LogP contribution in [0.1, 0.15) is 24.2 Å². The molecule has 0 bridgehead atoms. The van der Waals surface area contributed by atoms with Crippen LogP contribution in [0.4, 0.5) is 5.69 Å². The highest BCUT2D eigenvalue weighted by molar-refractivity contribution is 7.07. The lowest BCUT2D eigenvalue weighted by atomic mass is 9.95. The average Bonchev–Trinajstić information content (AvgIpc) is 3.18. The van der Waals surface area contributed by atoms with Crippen LogP contribution in [0.15, 0.2) is 100 Å². The summed E-state index contributed by atoms with van der Waals surface area (Å²) in [5.74, 6) is 0.319. The maximum atomic E-state index is 13.7. The van der Waals surface area contributed by atoms with Crippen molar-refractivity contribution in [2.24, 2.45) is 4.99 Å². The number of anilines is 1. The quantitative estimate of drug-likeness (QED) is 0.473. The van der Waals surface area contributed by atoms with E-state index in [0.29, 0.717) is 37.7 Å². The van der Waals surface area contributed by atoms with E-state index >= 15 is 0 Å². The number of methoxy groups -OCH3 is 1. The van der Waals surface area contributed by atoms with Gasteiger partial charge in [0.05, 0.1) is 34.6 Å². The molecule has 0 unspecified atom stereocenters. The van der Waals surface area contributed by atoms with Crippen molar-refractivity contribution in [1.29, 1.82) is 0 Å². The molecule has 8 heteroatoms. The van der Waals surface area contributed by atoms with Gasteiger partial charge in [-0.2, -0.15) is 0 Å². The molecule has 1 N–H and O–H groups in total. The summed E-state index contributed by atoms with van der Waals surface area (Å²) in [4.78, 5) is 36.7. The molecule has 3 heterocycles. The van der Waals surface area contributed by atoms with Gasteiger partial charge in [0, 0.05) is 11.9 Å². The van der Waals surface area contributed by atoms with Crippen molar-refractivity contribution in [2.75, 3.05) is 12.4 Å². The Morgan fingerprint density at radius 2 is 1.89 bits per heavy atom.